The predicted molar refractivity (Wildman–Crippen MR) is 115 cm³/mol. The molecule has 9 heteroatoms. The molecule has 0 amide bonds. The summed E-state index contributed by atoms with van der Waals surface area (Å²) >= 11 is 2.61. The third-order valence-electron chi connectivity index (χ3n) is 4.35. The number of thiophene rings is 1. The van der Waals surface area contributed by atoms with Crippen molar-refractivity contribution in [3.05, 3.63) is 75.8 Å². The molecule has 0 aliphatic rings. The lowest BCUT2D eigenvalue weighted by Gasteiger charge is -2.10. The third-order valence-corrected chi connectivity index (χ3v) is 6.27. The molecular weight excluding hydrogens is 421 g/mol. The molecule has 148 valence electrons. The number of halogens is 1. The van der Waals surface area contributed by atoms with Gasteiger partial charge in [-0.2, -0.15) is 5.26 Å². The number of nitriles is 1. The van der Waals surface area contributed by atoms with Gasteiger partial charge in [-0.3, -0.25) is 9.36 Å². The van der Waals surface area contributed by atoms with Crippen molar-refractivity contribution in [2.45, 2.75) is 23.7 Å². The van der Waals surface area contributed by atoms with E-state index in [1.165, 1.54) is 39.8 Å². The Morgan fingerprint density at radius 1 is 1.27 bits per heavy atom. The lowest BCUT2D eigenvalue weighted by molar-refractivity contribution is 0.628. The lowest BCUT2D eigenvalue weighted by atomic mass is 10.0. The van der Waals surface area contributed by atoms with Gasteiger partial charge in [0.25, 0.3) is 5.56 Å². The second-order valence-electron chi connectivity index (χ2n) is 6.29. The molecule has 0 atom stereocenters. The van der Waals surface area contributed by atoms with Crippen molar-refractivity contribution in [1.29, 1.82) is 5.26 Å². The SMILES string of the molecule is C=CCn1c(Sc2ccc(C#N)nn2)nc2sc(C)c(-c3ccc(F)cc3)c2c1=O. The van der Waals surface area contributed by atoms with Crippen molar-refractivity contribution in [1.82, 2.24) is 19.7 Å². The van der Waals surface area contributed by atoms with E-state index in [1.54, 1.807) is 30.3 Å². The summed E-state index contributed by atoms with van der Waals surface area (Å²) in [6.45, 7) is 5.93. The van der Waals surface area contributed by atoms with E-state index in [0.29, 0.717) is 20.4 Å². The van der Waals surface area contributed by atoms with Crippen LogP contribution in [0.5, 0.6) is 0 Å². The molecule has 0 unspecified atom stereocenters. The first-order chi connectivity index (χ1) is 14.5. The van der Waals surface area contributed by atoms with Gasteiger partial charge < -0.3 is 0 Å². The van der Waals surface area contributed by atoms with Crippen molar-refractivity contribution >= 4 is 33.3 Å². The average molecular weight is 436 g/mol. The van der Waals surface area contributed by atoms with Gasteiger partial charge in [-0.15, -0.1) is 28.1 Å². The van der Waals surface area contributed by atoms with E-state index >= 15 is 0 Å². The van der Waals surface area contributed by atoms with Crippen molar-refractivity contribution in [2.75, 3.05) is 0 Å². The Hall–Kier alpha value is -3.35. The summed E-state index contributed by atoms with van der Waals surface area (Å²) in [5, 5.41) is 18.2. The summed E-state index contributed by atoms with van der Waals surface area (Å²) < 4.78 is 14.9. The molecule has 0 aliphatic heterocycles. The van der Waals surface area contributed by atoms with Gasteiger partial charge in [0.15, 0.2) is 10.9 Å². The van der Waals surface area contributed by atoms with Gasteiger partial charge in [-0.25, -0.2) is 9.37 Å². The number of hydrogen-bond acceptors (Lipinski definition) is 7. The standard InChI is InChI=1S/C21H14FN5OS2/c1-3-10-27-20(28)18-17(13-4-6-14(22)7-5-13)12(2)29-19(18)24-21(27)30-16-9-8-15(11-23)25-26-16/h3-9H,1,10H2,2H3. The minimum atomic E-state index is -0.333. The number of rotatable bonds is 5. The van der Waals surface area contributed by atoms with Crippen LogP contribution in [0.1, 0.15) is 10.6 Å². The quantitative estimate of drug-likeness (QED) is 0.337. The van der Waals surface area contributed by atoms with Crippen LogP contribution < -0.4 is 5.56 Å². The second kappa shape index (κ2) is 8.18. The highest BCUT2D eigenvalue weighted by atomic mass is 32.2. The van der Waals surface area contributed by atoms with E-state index in [2.05, 4.69) is 16.8 Å². The summed E-state index contributed by atoms with van der Waals surface area (Å²) in [7, 11) is 0. The molecular formula is C21H14FN5OS2. The molecule has 6 nitrogen and oxygen atoms in total. The Kier molecular flexibility index (Phi) is 5.44. The summed E-state index contributed by atoms with van der Waals surface area (Å²) in [6, 6.07) is 11.2. The molecule has 0 saturated heterocycles. The Labute approximate surface area is 179 Å². The van der Waals surface area contributed by atoms with E-state index < -0.39 is 0 Å². The topological polar surface area (TPSA) is 84.5 Å². The zero-order chi connectivity index (χ0) is 21.3. The molecule has 0 radical (unpaired) electrons. The van der Waals surface area contributed by atoms with Gasteiger partial charge in [0.2, 0.25) is 0 Å². The number of nitrogens with zero attached hydrogens (tertiary/aromatic N) is 5. The number of aromatic nitrogens is 4. The Bertz CT molecular complexity index is 1350. The highest BCUT2D eigenvalue weighted by Gasteiger charge is 2.20. The van der Waals surface area contributed by atoms with Crippen LogP contribution in [-0.4, -0.2) is 19.7 Å². The fourth-order valence-corrected chi connectivity index (χ4v) is 4.94. The van der Waals surface area contributed by atoms with Crippen molar-refractivity contribution < 1.29 is 4.39 Å². The lowest BCUT2D eigenvalue weighted by Crippen LogP contribution is -2.22. The highest BCUT2D eigenvalue weighted by molar-refractivity contribution is 7.99. The molecule has 0 fully saturated rings. The van der Waals surface area contributed by atoms with Crippen LogP contribution in [0.4, 0.5) is 4.39 Å². The third kappa shape index (κ3) is 3.63. The fourth-order valence-electron chi connectivity index (χ4n) is 3.04. The smallest absolute Gasteiger partial charge is 0.263 e. The van der Waals surface area contributed by atoms with Crippen LogP contribution in [0.15, 0.2) is 64.0 Å². The predicted octanol–water partition coefficient (Wildman–Crippen LogP) is 4.57. The number of allylic oxidation sites excluding steroid dienone is 1. The van der Waals surface area contributed by atoms with Gasteiger partial charge in [0.05, 0.1) is 5.39 Å². The number of hydrogen-bond donors (Lipinski definition) is 0. The van der Waals surface area contributed by atoms with Crippen molar-refractivity contribution in [2.24, 2.45) is 0 Å². The Morgan fingerprint density at radius 2 is 2.03 bits per heavy atom. The first-order valence-electron chi connectivity index (χ1n) is 8.84. The maximum Gasteiger partial charge on any atom is 0.263 e. The molecule has 4 rings (SSSR count). The number of aryl methyl sites for hydroxylation is 1. The van der Waals surface area contributed by atoms with Gasteiger partial charge in [0.1, 0.15) is 21.7 Å². The maximum atomic E-state index is 13.4. The van der Waals surface area contributed by atoms with E-state index in [1.807, 2.05) is 13.0 Å². The van der Waals surface area contributed by atoms with Gasteiger partial charge >= 0.3 is 0 Å². The van der Waals surface area contributed by atoms with E-state index in [4.69, 9.17) is 10.2 Å². The normalized spacial score (nSPS) is 10.8. The molecule has 0 bridgehead atoms. The molecule has 1 aromatic carbocycles. The highest BCUT2D eigenvalue weighted by Crippen LogP contribution is 2.37. The molecule has 0 saturated carbocycles. The number of benzene rings is 1. The van der Waals surface area contributed by atoms with Crippen molar-refractivity contribution in [3.8, 4) is 17.2 Å². The van der Waals surface area contributed by atoms with E-state index in [9.17, 15) is 9.18 Å². The van der Waals surface area contributed by atoms with Crippen LogP contribution in [0.25, 0.3) is 21.3 Å². The van der Waals surface area contributed by atoms with Gasteiger partial charge in [-0.1, -0.05) is 18.2 Å². The van der Waals surface area contributed by atoms with Gasteiger partial charge in [0, 0.05) is 17.0 Å². The monoisotopic (exact) mass is 435 g/mol. The van der Waals surface area contributed by atoms with Crippen LogP contribution in [0.3, 0.4) is 0 Å². The molecule has 0 aliphatic carbocycles. The summed E-state index contributed by atoms with van der Waals surface area (Å²) in [5.41, 5.74) is 1.54. The van der Waals surface area contributed by atoms with Crippen LogP contribution in [0.2, 0.25) is 0 Å². The minimum absolute atomic E-state index is 0.201. The first kappa shape index (κ1) is 19.9. The summed E-state index contributed by atoms with van der Waals surface area (Å²) in [6.07, 6.45) is 1.63. The average Bonchev–Trinajstić information content (AvgIpc) is 3.08. The molecule has 3 heterocycles. The van der Waals surface area contributed by atoms with Crippen LogP contribution >= 0.6 is 23.1 Å². The Balaban J connectivity index is 1.89. The molecule has 0 spiro atoms. The molecule has 0 N–H and O–H groups in total. The minimum Gasteiger partial charge on any atom is -0.283 e. The zero-order valence-electron chi connectivity index (χ0n) is 15.8. The molecule has 30 heavy (non-hydrogen) atoms. The van der Waals surface area contributed by atoms with E-state index in [0.717, 1.165) is 16.0 Å². The first-order valence-corrected chi connectivity index (χ1v) is 10.5. The fraction of sp³-hybridized carbons (Fsp3) is 0.0952. The van der Waals surface area contributed by atoms with Crippen molar-refractivity contribution in [3.63, 3.8) is 0 Å². The summed E-state index contributed by atoms with van der Waals surface area (Å²) in [4.78, 5) is 19.6. The molecule has 3 aromatic heterocycles. The zero-order valence-corrected chi connectivity index (χ0v) is 17.4. The number of fused-ring (bicyclic) bond motifs is 1. The van der Waals surface area contributed by atoms with E-state index in [-0.39, 0.29) is 23.6 Å². The summed E-state index contributed by atoms with van der Waals surface area (Å²) in [5.74, 6) is -0.333. The van der Waals surface area contributed by atoms with Crippen LogP contribution in [-0.2, 0) is 6.54 Å². The van der Waals surface area contributed by atoms with Gasteiger partial charge in [-0.05, 0) is 48.5 Å². The maximum absolute atomic E-state index is 13.4. The second-order valence-corrected chi connectivity index (χ2v) is 8.48. The molecule has 4 aromatic rings. The van der Waals surface area contributed by atoms with Crippen LogP contribution in [0, 0.1) is 24.1 Å². The Morgan fingerprint density at radius 3 is 2.67 bits per heavy atom. The largest absolute Gasteiger partial charge is 0.283 e.